The first-order chi connectivity index (χ1) is 23.6. The molecule has 0 radical (unpaired) electrons. The molecule has 0 heterocycles. The number of nitrogens with one attached hydrogen (secondary N) is 1. The third-order valence-corrected chi connectivity index (χ3v) is 11.1. The highest BCUT2D eigenvalue weighted by Crippen LogP contribution is 2.34. The van der Waals surface area contributed by atoms with Crippen molar-refractivity contribution in [3.63, 3.8) is 0 Å². The number of unbranched alkanes of at least 4 members (excludes halogenated alkanes) is 1. The molecule has 1 N–H and O–H groups in total. The summed E-state index contributed by atoms with van der Waals surface area (Å²) in [4.78, 5) is 31.0. The van der Waals surface area contributed by atoms with E-state index in [0.29, 0.717) is 27.9 Å². The minimum Gasteiger partial charge on any atom is -0.492 e. The van der Waals surface area contributed by atoms with Crippen LogP contribution in [0.2, 0.25) is 10.0 Å². The molecule has 1 atom stereocenters. The molecule has 0 aliphatic heterocycles. The molecule has 49 heavy (non-hydrogen) atoms. The van der Waals surface area contributed by atoms with E-state index in [-0.39, 0.29) is 36.1 Å². The van der Waals surface area contributed by atoms with Crippen LogP contribution in [0, 0.1) is 0 Å². The van der Waals surface area contributed by atoms with Crippen molar-refractivity contribution in [2.24, 2.45) is 0 Å². The minimum absolute atomic E-state index is 0.00300. The Hall–Kier alpha value is -3.70. The molecule has 4 aromatic carbocycles. The number of anilines is 1. The highest BCUT2D eigenvalue weighted by molar-refractivity contribution is 7.98. The predicted octanol–water partition coefficient (Wildman–Crippen LogP) is 7.87. The van der Waals surface area contributed by atoms with E-state index in [2.05, 4.69) is 5.32 Å². The summed E-state index contributed by atoms with van der Waals surface area (Å²) in [5.41, 5.74) is 1.45. The van der Waals surface area contributed by atoms with Crippen LogP contribution in [0.3, 0.4) is 0 Å². The van der Waals surface area contributed by atoms with E-state index in [9.17, 15) is 18.0 Å². The number of carbonyl (C=O) groups is 2. The summed E-state index contributed by atoms with van der Waals surface area (Å²) in [7, 11) is -4.32. The van der Waals surface area contributed by atoms with Crippen molar-refractivity contribution in [2.75, 3.05) is 30.3 Å². The molecule has 0 bridgehead atoms. The van der Waals surface area contributed by atoms with E-state index in [4.69, 9.17) is 27.9 Å². The molecule has 0 saturated carbocycles. The smallest absolute Gasteiger partial charge is 0.264 e. The van der Waals surface area contributed by atoms with E-state index in [0.717, 1.165) is 27.6 Å². The summed E-state index contributed by atoms with van der Waals surface area (Å²) in [6.45, 7) is 3.74. The van der Waals surface area contributed by atoms with Gasteiger partial charge in [-0.05, 0) is 73.7 Å². The van der Waals surface area contributed by atoms with E-state index < -0.39 is 28.5 Å². The Bertz CT molecular complexity index is 1790. The van der Waals surface area contributed by atoms with Crippen molar-refractivity contribution >= 4 is 62.5 Å². The van der Waals surface area contributed by atoms with Crippen LogP contribution in [0.25, 0.3) is 0 Å². The summed E-state index contributed by atoms with van der Waals surface area (Å²) in [5, 5.41) is 3.61. The largest absolute Gasteiger partial charge is 0.492 e. The molecule has 12 heteroatoms. The number of benzene rings is 4. The second-order valence-corrected chi connectivity index (χ2v) is 14.7. The van der Waals surface area contributed by atoms with Crippen LogP contribution in [-0.4, -0.2) is 57.1 Å². The topological polar surface area (TPSA) is 96.0 Å². The number of sulfonamides is 1. The monoisotopic (exact) mass is 741 g/mol. The molecule has 8 nitrogen and oxygen atoms in total. The lowest BCUT2D eigenvalue weighted by atomic mass is 10.0. The number of nitrogens with zero attached hydrogens (tertiary/aromatic N) is 2. The maximum atomic E-state index is 14.8. The van der Waals surface area contributed by atoms with Gasteiger partial charge in [-0.25, -0.2) is 8.42 Å². The average molecular weight is 743 g/mol. The van der Waals surface area contributed by atoms with Crippen LogP contribution >= 0.6 is 35.0 Å². The number of ether oxygens (including phenoxy) is 1. The number of hydrogen-bond donors (Lipinski definition) is 1. The van der Waals surface area contributed by atoms with Crippen LogP contribution in [0.4, 0.5) is 5.69 Å². The second-order valence-electron chi connectivity index (χ2n) is 11.2. The lowest BCUT2D eigenvalue weighted by Gasteiger charge is -2.34. The van der Waals surface area contributed by atoms with Crippen LogP contribution in [-0.2, 0) is 32.6 Å². The van der Waals surface area contributed by atoms with Gasteiger partial charge in [-0.2, -0.15) is 0 Å². The number of carbonyl (C=O) groups excluding carboxylic acids is 2. The molecule has 4 rings (SSSR count). The van der Waals surface area contributed by atoms with Gasteiger partial charge in [0.15, 0.2) is 0 Å². The summed E-state index contributed by atoms with van der Waals surface area (Å²) >= 11 is 14.7. The van der Waals surface area contributed by atoms with Crippen molar-refractivity contribution < 1.29 is 22.7 Å². The first-order valence-electron chi connectivity index (χ1n) is 16.0. The van der Waals surface area contributed by atoms with Crippen molar-refractivity contribution in [1.29, 1.82) is 0 Å². The lowest BCUT2D eigenvalue weighted by molar-refractivity contribution is -0.140. The third kappa shape index (κ3) is 9.94. The molecular weight excluding hydrogens is 701 g/mol. The molecule has 4 aromatic rings. The molecule has 0 spiro atoms. The van der Waals surface area contributed by atoms with E-state index >= 15 is 0 Å². The number of para-hydroxylation sites is 2. The van der Waals surface area contributed by atoms with Gasteiger partial charge in [0, 0.05) is 40.0 Å². The van der Waals surface area contributed by atoms with Crippen LogP contribution < -0.4 is 14.4 Å². The first kappa shape index (κ1) is 38.1. The van der Waals surface area contributed by atoms with Gasteiger partial charge in [0.2, 0.25) is 11.8 Å². The molecule has 0 fully saturated rings. The van der Waals surface area contributed by atoms with Crippen molar-refractivity contribution in [2.45, 2.75) is 55.5 Å². The number of rotatable bonds is 17. The molecule has 260 valence electrons. The SMILES string of the molecule is CCCCNC(=O)[C@H](Cc1ccccc1)N(Cc1c(Cl)cccc1Cl)C(=O)CN(c1ccccc1OCC)S(=O)(=O)c1ccc(SC)cc1. The Balaban J connectivity index is 1.86. The van der Waals surface area contributed by atoms with Crippen molar-refractivity contribution in [1.82, 2.24) is 10.2 Å². The first-order valence-corrected chi connectivity index (χ1v) is 19.4. The molecule has 0 unspecified atom stereocenters. The maximum absolute atomic E-state index is 14.8. The standard InChI is InChI=1S/C37H41Cl2N3O5S2/c1-4-6-23-40-37(44)34(24-27-13-8-7-9-14-27)41(25-30-31(38)15-12-16-32(30)39)36(43)26-42(33-17-10-11-18-35(33)47-5-2)49(45,46)29-21-19-28(48-3)20-22-29/h7-22,34H,4-6,23-26H2,1-3H3,(H,40,44)/t34-/m0/s1. The van der Waals surface area contributed by atoms with E-state index in [1.165, 1.54) is 28.8 Å². The maximum Gasteiger partial charge on any atom is 0.264 e. The highest BCUT2D eigenvalue weighted by atomic mass is 35.5. The highest BCUT2D eigenvalue weighted by Gasteiger charge is 2.36. The Morgan fingerprint density at radius 2 is 1.53 bits per heavy atom. The van der Waals surface area contributed by atoms with Gasteiger partial charge in [0.1, 0.15) is 18.3 Å². The van der Waals surface area contributed by atoms with Gasteiger partial charge >= 0.3 is 0 Å². The fourth-order valence-corrected chi connectivity index (χ4v) is 7.59. The van der Waals surface area contributed by atoms with Crippen molar-refractivity contribution in [3.8, 4) is 5.75 Å². The summed E-state index contributed by atoms with van der Waals surface area (Å²) in [5.74, 6) is -0.704. The Morgan fingerprint density at radius 3 is 2.16 bits per heavy atom. The molecule has 0 aliphatic rings. The molecule has 2 amide bonds. The van der Waals surface area contributed by atoms with Gasteiger partial charge in [-0.1, -0.05) is 85.1 Å². The molecule has 0 aromatic heterocycles. The zero-order valence-electron chi connectivity index (χ0n) is 27.8. The second kappa shape index (κ2) is 18.3. The third-order valence-electron chi connectivity index (χ3n) is 7.85. The number of halogens is 2. The van der Waals surface area contributed by atoms with Crippen LogP contribution in [0.5, 0.6) is 5.75 Å². The van der Waals surface area contributed by atoms with Crippen LogP contribution in [0.15, 0.2) is 107 Å². The fraction of sp³-hybridized carbons (Fsp3) is 0.297. The zero-order valence-corrected chi connectivity index (χ0v) is 30.9. The average Bonchev–Trinajstić information content (AvgIpc) is 3.10. The normalized spacial score (nSPS) is 11.9. The van der Waals surface area contributed by atoms with Gasteiger partial charge in [-0.15, -0.1) is 11.8 Å². The Morgan fingerprint density at radius 1 is 0.878 bits per heavy atom. The number of hydrogen-bond acceptors (Lipinski definition) is 6. The van der Waals surface area contributed by atoms with Crippen LogP contribution in [0.1, 0.15) is 37.8 Å². The van der Waals surface area contributed by atoms with E-state index in [1.54, 1.807) is 61.5 Å². The van der Waals surface area contributed by atoms with E-state index in [1.807, 2.05) is 43.5 Å². The minimum atomic E-state index is -4.32. The Kier molecular flexibility index (Phi) is 14.3. The molecular formula is C37H41Cl2N3O5S2. The fourth-order valence-electron chi connectivity index (χ4n) is 5.24. The van der Waals surface area contributed by atoms with Gasteiger partial charge in [0.25, 0.3) is 10.0 Å². The van der Waals surface area contributed by atoms with Gasteiger partial charge in [-0.3, -0.25) is 13.9 Å². The summed E-state index contributed by atoms with van der Waals surface area (Å²) in [6, 6.07) is 26.5. The Labute approximate surface area is 303 Å². The molecule has 0 aliphatic carbocycles. The predicted molar refractivity (Wildman–Crippen MR) is 199 cm³/mol. The molecule has 0 saturated heterocycles. The lowest BCUT2D eigenvalue weighted by Crippen LogP contribution is -2.53. The summed E-state index contributed by atoms with van der Waals surface area (Å²) in [6.07, 6.45) is 3.69. The summed E-state index contributed by atoms with van der Waals surface area (Å²) < 4.78 is 35.8. The zero-order chi connectivity index (χ0) is 35.4. The number of amides is 2. The van der Waals surface area contributed by atoms with Crippen molar-refractivity contribution in [3.05, 3.63) is 118 Å². The van der Waals surface area contributed by atoms with Gasteiger partial charge in [0.05, 0.1) is 17.2 Å². The van der Waals surface area contributed by atoms with Gasteiger partial charge < -0.3 is 15.0 Å². The number of thioether (sulfide) groups is 1. The quantitative estimate of drug-likeness (QED) is 0.0875.